The highest BCUT2D eigenvalue weighted by molar-refractivity contribution is 5.47. The molecule has 0 saturated carbocycles. The molecule has 0 aliphatic heterocycles. The van der Waals surface area contributed by atoms with Crippen molar-refractivity contribution in [3.05, 3.63) is 29.8 Å². The van der Waals surface area contributed by atoms with E-state index in [-0.39, 0.29) is 0 Å². The fourth-order valence-electron chi connectivity index (χ4n) is 1.36. The number of anilines is 1. The summed E-state index contributed by atoms with van der Waals surface area (Å²) in [4.78, 5) is 2.12. The van der Waals surface area contributed by atoms with Crippen LogP contribution in [0.15, 0.2) is 24.3 Å². The Bertz CT molecular complexity index is 282. The molecule has 0 unspecified atom stereocenters. The van der Waals surface area contributed by atoms with Gasteiger partial charge in [-0.1, -0.05) is 12.1 Å². The first kappa shape index (κ1) is 12.0. The lowest BCUT2D eigenvalue weighted by molar-refractivity contribution is 0.199. The van der Waals surface area contributed by atoms with Crippen LogP contribution in [0, 0.1) is 0 Å². The van der Waals surface area contributed by atoms with Crippen molar-refractivity contribution in [1.82, 2.24) is 0 Å². The van der Waals surface area contributed by atoms with E-state index in [1.165, 1.54) is 0 Å². The van der Waals surface area contributed by atoms with Crippen molar-refractivity contribution >= 4 is 5.69 Å². The third-order valence-electron chi connectivity index (χ3n) is 2.45. The lowest BCUT2D eigenvalue weighted by Gasteiger charge is -2.19. The van der Waals surface area contributed by atoms with Gasteiger partial charge in [-0.25, -0.2) is 0 Å². The van der Waals surface area contributed by atoms with Crippen LogP contribution in [0.4, 0.5) is 5.69 Å². The fraction of sp³-hybridized carbons (Fsp3) is 0.500. The second-order valence-corrected chi connectivity index (χ2v) is 3.68. The summed E-state index contributed by atoms with van der Waals surface area (Å²) in [6.07, 6.45) is -0.400. The second kappa shape index (κ2) is 5.73. The zero-order valence-corrected chi connectivity index (χ0v) is 9.60. The van der Waals surface area contributed by atoms with Gasteiger partial charge in [0.25, 0.3) is 0 Å². The summed E-state index contributed by atoms with van der Waals surface area (Å²) >= 11 is 0. The number of hydrogen-bond acceptors (Lipinski definition) is 3. The Labute approximate surface area is 91.3 Å². The maximum Gasteiger partial charge on any atom is 0.0761 e. The molecule has 0 bridgehead atoms. The van der Waals surface area contributed by atoms with Crippen LogP contribution in [0.1, 0.15) is 18.6 Å². The highest BCUT2D eigenvalue weighted by atomic mass is 16.5. The molecule has 3 nitrogen and oxygen atoms in total. The van der Waals surface area contributed by atoms with Crippen molar-refractivity contribution in [2.24, 2.45) is 0 Å². The highest BCUT2D eigenvalue weighted by Crippen LogP contribution is 2.17. The largest absolute Gasteiger partial charge is 0.389 e. The first-order valence-electron chi connectivity index (χ1n) is 5.13. The predicted octanol–water partition coefficient (Wildman–Crippen LogP) is 1.82. The minimum absolute atomic E-state index is 0.400. The molecular weight excluding hydrogens is 190 g/mol. The first-order chi connectivity index (χ1) is 7.15. The summed E-state index contributed by atoms with van der Waals surface area (Å²) in [6, 6.07) is 7.92. The van der Waals surface area contributed by atoms with Gasteiger partial charge < -0.3 is 14.7 Å². The van der Waals surface area contributed by atoms with Gasteiger partial charge in [-0.15, -0.1) is 0 Å². The lowest BCUT2D eigenvalue weighted by Crippen LogP contribution is -2.21. The molecule has 1 rings (SSSR count). The molecule has 1 aromatic rings. The van der Waals surface area contributed by atoms with Crippen molar-refractivity contribution in [2.75, 3.05) is 32.2 Å². The van der Waals surface area contributed by atoms with E-state index in [1.807, 2.05) is 31.3 Å². The van der Waals surface area contributed by atoms with Gasteiger partial charge in [0.05, 0.1) is 12.7 Å². The molecule has 1 N–H and O–H groups in total. The van der Waals surface area contributed by atoms with E-state index in [4.69, 9.17) is 4.74 Å². The van der Waals surface area contributed by atoms with Crippen molar-refractivity contribution in [1.29, 1.82) is 0 Å². The van der Waals surface area contributed by atoms with E-state index < -0.39 is 6.10 Å². The van der Waals surface area contributed by atoms with Crippen LogP contribution < -0.4 is 4.90 Å². The van der Waals surface area contributed by atoms with E-state index >= 15 is 0 Å². The van der Waals surface area contributed by atoms with Crippen molar-refractivity contribution < 1.29 is 9.84 Å². The Morgan fingerprint density at radius 2 is 1.93 bits per heavy atom. The molecule has 1 atom stereocenters. The number of methoxy groups -OCH3 is 1. The van der Waals surface area contributed by atoms with Gasteiger partial charge in [0, 0.05) is 26.4 Å². The van der Waals surface area contributed by atoms with Crippen LogP contribution in [-0.2, 0) is 4.74 Å². The first-order valence-corrected chi connectivity index (χ1v) is 5.13. The molecule has 0 fully saturated rings. The topological polar surface area (TPSA) is 32.7 Å². The summed E-state index contributed by atoms with van der Waals surface area (Å²) < 4.78 is 5.01. The molecule has 0 saturated heterocycles. The average molecular weight is 209 g/mol. The molecule has 3 heteroatoms. The summed E-state index contributed by atoms with van der Waals surface area (Å²) in [5.74, 6) is 0. The van der Waals surface area contributed by atoms with Gasteiger partial charge in [0.1, 0.15) is 0 Å². The van der Waals surface area contributed by atoms with Crippen molar-refractivity contribution in [3.63, 3.8) is 0 Å². The molecule has 0 spiro atoms. The van der Waals surface area contributed by atoms with Crippen LogP contribution in [0.3, 0.4) is 0 Å². The quantitative estimate of drug-likeness (QED) is 0.803. The number of hydrogen-bond donors (Lipinski definition) is 1. The van der Waals surface area contributed by atoms with Crippen LogP contribution in [0.25, 0.3) is 0 Å². The summed E-state index contributed by atoms with van der Waals surface area (Å²) in [5.41, 5.74) is 2.08. The Balaban J connectivity index is 2.62. The number of ether oxygens (including phenoxy) is 1. The average Bonchev–Trinajstić information content (AvgIpc) is 2.26. The summed E-state index contributed by atoms with van der Waals surface area (Å²) in [7, 11) is 3.72. The Morgan fingerprint density at radius 3 is 2.40 bits per heavy atom. The molecule has 0 amide bonds. The van der Waals surface area contributed by atoms with Crippen molar-refractivity contribution in [3.8, 4) is 0 Å². The molecule has 0 aliphatic carbocycles. The van der Waals surface area contributed by atoms with Crippen LogP contribution in [0.2, 0.25) is 0 Å². The Kier molecular flexibility index (Phi) is 4.59. The molecule has 1 aromatic carbocycles. The zero-order chi connectivity index (χ0) is 11.3. The molecule has 0 radical (unpaired) electrons. The van der Waals surface area contributed by atoms with E-state index in [2.05, 4.69) is 4.90 Å². The highest BCUT2D eigenvalue weighted by Gasteiger charge is 2.02. The number of aliphatic hydroxyl groups is 1. The van der Waals surface area contributed by atoms with E-state index in [0.717, 1.165) is 17.8 Å². The second-order valence-electron chi connectivity index (χ2n) is 3.68. The number of likely N-dealkylation sites (N-methyl/N-ethyl adjacent to an activating group) is 1. The Hall–Kier alpha value is -1.06. The monoisotopic (exact) mass is 209 g/mol. The van der Waals surface area contributed by atoms with Crippen LogP contribution in [0.5, 0.6) is 0 Å². The molecule has 0 aromatic heterocycles. The summed E-state index contributed by atoms with van der Waals surface area (Å²) in [6.45, 7) is 3.35. The van der Waals surface area contributed by atoms with E-state index in [9.17, 15) is 5.11 Å². The van der Waals surface area contributed by atoms with Crippen molar-refractivity contribution in [2.45, 2.75) is 13.0 Å². The smallest absolute Gasteiger partial charge is 0.0761 e. The minimum Gasteiger partial charge on any atom is -0.389 e. The van der Waals surface area contributed by atoms with Gasteiger partial charge in [-0.05, 0) is 24.6 Å². The van der Waals surface area contributed by atoms with E-state index in [0.29, 0.717) is 6.61 Å². The van der Waals surface area contributed by atoms with Gasteiger partial charge in [0.15, 0.2) is 0 Å². The zero-order valence-electron chi connectivity index (χ0n) is 9.60. The molecule has 15 heavy (non-hydrogen) atoms. The van der Waals surface area contributed by atoms with Gasteiger partial charge >= 0.3 is 0 Å². The maximum absolute atomic E-state index is 9.36. The van der Waals surface area contributed by atoms with Crippen LogP contribution in [-0.4, -0.2) is 32.4 Å². The van der Waals surface area contributed by atoms with Crippen LogP contribution >= 0.6 is 0 Å². The summed E-state index contributed by atoms with van der Waals surface area (Å²) in [5, 5.41) is 9.36. The predicted molar refractivity (Wildman–Crippen MR) is 62.2 cm³/mol. The number of aliphatic hydroxyl groups excluding tert-OH is 1. The maximum atomic E-state index is 9.36. The lowest BCUT2D eigenvalue weighted by atomic mass is 10.1. The Morgan fingerprint density at radius 1 is 1.33 bits per heavy atom. The van der Waals surface area contributed by atoms with E-state index in [1.54, 1.807) is 14.0 Å². The van der Waals surface area contributed by atoms with Gasteiger partial charge in [-0.3, -0.25) is 0 Å². The third kappa shape index (κ3) is 3.53. The number of nitrogens with zero attached hydrogens (tertiary/aromatic N) is 1. The van der Waals surface area contributed by atoms with Gasteiger partial charge in [0.2, 0.25) is 0 Å². The molecule has 0 heterocycles. The number of rotatable bonds is 5. The SMILES string of the molecule is COCCN(C)c1ccc([C@H](C)O)cc1. The molecule has 84 valence electrons. The third-order valence-corrected chi connectivity index (χ3v) is 2.45. The van der Waals surface area contributed by atoms with Gasteiger partial charge in [-0.2, -0.15) is 0 Å². The number of benzene rings is 1. The molecule has 0 aliphatic rings. The molecular formula is C12H19NO2. The normalized spacial score (nSPS) is 12.5. The fourth-order valence-corrected chi connectivity index (χ4v) is 1.36. The standard InChI is InChI=1S/C12H19NO2/c1-10(14)11-4-6-12(7-5-11)13(2)8-9-15-3/h4-7,10,14H,8-9H2,1-3H3/t10-/m0/s1. The minimum atomic E-state index is -0.400.